The Morgan fingerprint density at radius 2 is 0.809 bits per heavy atom. The molecular weight excluding hydrogens is 837 g/mol. The van der Waals surface area contributed by atoms with Gasteiger partial charge in [-0.05, 0) is 95.2 Å². The summed E-state index contributed by atoms with van der Waals surface area (Å²) < 4.78 is 21.7. The summed E-state index contributed by atoms with van der Waals surface area (Å²) in [6, 6.07) is 71.6. The van der Waals surface area contributed by atoms with Crippen LogP contribution in [-0.2, 0) is 0 Å². The first kappa shape index (κ1) is 36.9. The van der Waals surface area contributed by atoms with Crippen LogP contribution < -0.4 is 0 Å². The second-order valence-corrected chi connectivity index (χ2v) is 17.5. The average molecular weight is 871 g/mol. The molecule has 5 aromatic heterocycles. The van der Waals surface area contributed by atoms with E-state index >= 15 is 0 Å². The van der Waals surface area contributed by atoms with Crippen molar-refractivity contribution in [2.75, 3.05) is 0 Å². The van der Waals surface area contributed by atoms with Crippen LogP contribution in [0.3, 0.4) is 0 Å². The molecule has 316 valence electrons. The first-order chi connectivity index (χ1) is 33.7. The first-order valence-electron chi connectivity index (χ1n) is 22.7. The van der Waals surface area contributed by atoms with Crippen molar-refractivity contribution in [1.82, 2.24) is 19.5 Å². The molecule has 7 nitrogen and oxygen atoms in total. The Hall–Kier alpha value is -9.33. The molecule has 0 spiro atoms. The third-order valence-electron chi connectivity index (χ3n) is 13.6. The normalized spacial score (nSPS) is 12.1. The zero-order valence-corrected chi connectivity index (χ0v) is 36.1. The topological polar surface area (TPSA) is 83.0 Å². The molecule has 0 bridgehead atoms. The van der Waals surface area contributed by atoms with Gasteiger partial charge in [-0.1, -0.05) is 127 Å². The maximum atomic E-state index is 6.54. The highest BCUT2D eigenvalue weighted by Gasteiger charge is 2.23. The quantitative estimate of drug-likeness (QED) is 0.171. The number of furan rings is 3. The van der Waals surface area contributed by atoms with Crippen molar-refractivity contribution >= 4 is 98.4 Å². The fourth-order valence-electron chi connectivity index (χ4n) is 10.6. The van der Waals surface area contributed by atoms with Gasteiger partial charge in [0.2, 0.25) is 0 Å². The van der Waals surface area contributed by atoms with Crippen LogP contribution in [0.2, 0.25) is 0 Å². The Balaban J connectivity index is 1.02. The summed E-state index contributed by atoms with van der Waals surface area (Å²) >= 11 is 0. The largest absolute Gasteiger partial charge is 0.456 e. The number of hydrogen-bond acceptors (Lipinski definition) is 6. The summed E-state index contributed by atoms with van der Waals surface area (Å²) in [4.78, 5) is 16.1. The van der Waals surface area contributed by atoms with Gasteiger partial charge in [0, 0.05) is 65.3 Å². The third-order valence-corrected chi connectivity index (χ3v) is 13.6. The first-order valence-corrected chi connectivity index (χ1v) is 22.7. The maximum Gasteiger partial charge on any atom is 0.164 e. The van der Waals surface area contributed by atoms with Gasteiger partial charge in [0.25, 0.3) is 0 Å². The molecule has 15 rings (SSSR count). The van der Waals surface area contributed by atoms with E-state index in [-0.39, 0.29) is 0 Å². The van der Waals surface area contributed by atoms with Gasteiger partial charge in [0.1, 0.15) is 33.5 Å². The summed E-state index contributed by atoms with van der Waals surface area (Å²) in [6.07, 6.45) is 0. The number of rotatable bonds is 5. The zero-order valence-electron chi connectivity index (χ0n) is 36.1. The number of benzene rings is 10. The van der Waals surface area contributed by atoms with Crippen LogP contribution in [0.4, 0.5) is 0 Å². The highest BCUT2D eigenvalue weighted by atomic mass is 16.3. The van der Waals surface area contributed by atoms with E-state index in [1.165, 1.54) is 21.5 Å². The molecule has 0 amide bonds. The third kappa shape index (κ3) is 5.44. The van der Waals surface area contributed by atoms with Gasteiger partial charge in [0.05, 0.1) is 16.7 Å². The van der Waals surface area contributed by atoms with Crippen LogP contribution in [0.25, 0.3) is 149 Å². The van der Waals surface area contributed by atoms with Crippen molar-refractivity contribution in [3.05, 3.63) is 206 Å². The number of hydrogen-bond donors (Lipinski definition) is 0. The predicted octanol–water partition coefficient (Wildman–Crippen LogP) is 16.5. The van der Waals surface area contributed by atoms with Gasteiger partial charge < -0.3 is 17.8 Å². The Morgan fingerprint density at radius 3 is 1.50 bits per heavy atom. The molecule has 7 heteroatoms. The Labute approximate surface area is 386 Å². The minimum atomic E-state index is 0.533. The average Bonchev–Trinajstić information content (AvgIpc) is 4.16. The summed E-state index contributed by atoms with van der Waals surface area (Å²) in [5.41, 5.74) is 12.6. The molecule has 0 saturated carbocycles. The van der Waals surface area contributed by atoms with Crippen molar-refractivity contribution in [2.45, 2.75) is 0 Å². The Kier molecular flexibility index (Phi) is 7.65. The molecule has 68 heavy (non-hydrogen) atoms. The molecule has 0 atom stereocenters. The van der Waals surface area contributed by atoms with Gasteiger partial charge in [-0.25, -0.2) is 15.0 Å². The van der Waals surface area contributed by atoms with Gasteiger partial charge in [-0.2, -0.15) is 0 Å². The summed E-state index contributed by atoms with van der Waals surface area (Å²) in [5.74, 6) is 1.61. The van der Waals surface area contributed by atoms with E-state index in [2.05, 4.69) is 138 Å². The maximum absolute atomic E-state index is 6.54. The van der Waals surface area contributed by atoms with Crippen LogP contribution in [0, 0.1) is 0 Å². The molecule has 0 unspecified atom stereocenters. The van der Waals surface area contributed by atoms with Crippen molar-refractivity contribution in [3.8, 4) is 51.0 Å². The van der Waals surface area contributed by atoms with Crippen LogP contribution in [0.15, 0.2) is 220 Å². The molecule has 0 radical (unpaired) electrons. The van der Waals surface area contributed by atoms with Gasteiger partial charge in [-0.15, -0.1) is 0 Å². The van der Waals surface area contributed by atoms with Crippen molar-refractivity contribution in [2.24, 2.45) is 0 Å². The van der Waals surface area contributed by atoms with Crippen LogP contribution in [0.1, 0.15) is 0 Å². The molecule has 0 aliphatic carbocycles. The van der Waals surface area contributed by atoms with Crippen LogP contribution in [-0.4, -0.2) is 19.5 Å². The molecule has 15 aromatic rings. The van der Waals surface area contributed by atoms with Crippen molar-refractivity contribution in [1.29, 1.82) is 0 Å². The standard InChI is InChI=1S/C61H34N4O3/c1-2-14-36-33-50-47(31-35(36)13-1)39-15-3-7-21-48(39)65(50)49-30-28-38(32-46(49)37-27-29-41-40-16-4-8-22-51(40)68-56(41)34-37)59-62-60(44-19-11-25-54-57(44)42-17-5-9-23-52(42)66-54)64-61(63-59)45-20-12-26-55-58(45)43-18-6-10-24-53(43)67-55/h1-34H. The van der Waals surface area contributed by atoms with Gasteiger partial charge in [-0.3, -0.25) is 0 Å². The zero-order chi connectivity index (χ0) is 44.5. The van der Waals surface area contributed by atoms with Crippen molar-refractivity contribution < 1.29 is 13.3 Å². The lowest BCUT2D eigenvalue weighted by atomic mass is 9.98. The molecule has 0 N–H and O–H groups in total. The molecule has 0 aliphatic heterocycles. The van der Waals surface area contributed by atoms with E-state index in [4.69, 9.17) is 28.2 Å². The highest BCUT2D eigenvalue weighted by Crippen LogP contribution is 2.43. The lowest BCUT2D eigenvalue weighted by molar-refractivity contribution is 0.668. The fourth-order valence-corrected chi connectivity index (χ4v) is 10.6. The molecular formula is C61H34N4O3. The van der Waals surface area contributed by atoms with Gasteiger partial charge >= 0.3 is 0 Å². The fraction of sp³-hybridized carbons (Fsp3) is 0. The molecule has 0 aliphatic rings. The van der Waals surface area contributed by atoms with Gasteiger partial charge in [0.15, 0.2) is 17.5 Å². The minimum Gasteiger partial charge on any atom is -0.456 e. The lowest BCUT2D eigenvalue weighted by Gasteiger charge is -2.16. The number of aromatic nitrogens is 4. The monoisotopic (exact) mass is 870 g/mol. The molecule has 0 fully saturated rings. The van der Waals surface area contributed by atoms with E-state index in [9.17, 15) is 0 Å². The van der Waals surface area contributed by atoms with E-state index in [0.717, 1.165) is 110 Å². The smallest absolute Gasteiger partial charge is 0.164 e. The second-order valence-electron chi connectivity index (χ2n) is 17.5. The Bertz CT molecular complexity index is 4460. The van der Waals surface area contributed by atoms with Crippen LogP contribution >= 0.6 is 0 Å². The van der Waals surface area contributed by atoms with Crippen molar-refractivity contribution in [3.63, 3.8) is 0 Å². The number of fused-ring (bicyclic) bond motifs is 13. The number of para-hydroxylation sites is 4. The molecule has 5 heterocycles. The van der Waals surface area contributed by atoms with E-state index in [1.54, 1.807) is 0 Å². The van der Waals surface area contributed by atoms with E-state index in [1.807, 2.05) is 72.8 Å². The highest BCUT2D eigenvalue weighted by molar-refractivity contribution is 6.16. The lowest BCUT2D eigenvalue weighted by Crippen LogP contribution is -2.02. The minimum absolute atomic E-state index is 0.533. The van der Waals surface area contributed by atoms with Crippen LogP contribution in [0.5, 0.6) is 0 Å². The summed E-state index contributed by atoms with van der Waals surface area (Å²) in [7, 11) is 0. The second kappa shape index (κ2) is 14.1. The van der Waals surface area contributed by atoms with E-state index in [0.29, 0.717) is 17.5 Å². The molecule has 10 aromatic carbocycles. The number of nitrogens with zero attached hydrogens (tertiary/aromatic N) is 4. The summed E-state index contributed by atoms with van der Waals surface area (Å²) in [6.45, 7) is 0. The van der Waals surface area contributed by atoms with E-state index < -0.39 is 0 Å². The predicted molar refractivity (Wildman–Crippen MR) is 275 cm³/mol. The summed E-state index contributed by atoms with van der Waals surface area (Å²) in [5, 5.41) is 10.8. The SMILES string of the molecule is c1ccc2cc3c(cc2c1)c1ccccc1n3-c1ccc(-c2nc(-c3cccc4oc5ccccc5c34)nc(-c3cccc4oc5ccccc5c34)n2)cc1-c1ccc2c(c1)oc1ccccc12. The Morgan fingerprint density at radius 1 is 0.294 bits per heavy atom. The molecule has 0 saturated heterocycles.